The van der Waals surface area contributed by atoms with Gasteiger partial charge < -0.3 is 18.5 Å². The van der Waals surface area contributed by atoms with Gasteiger partial charge in [-0.2, -0.15) is 0 Å². The number of fused-ring (bicyclic) bond motifs is 1. The molecule has 1 aliphatic heterocycles. The van der Waals surface area contributed by atoms with Gasteiger partial charge in [0.05, 0.1) is 18.3 Å². The van der Waals surface area contributed by atoms with Gasteiger partial charge in [0.2, 0.25) is 0 Å². The van der Waals surface area contributed by atoms with Crippen LogP contribution in [0.3, 0.4) is 0 Å². The summed E-state index contributed by atoms with van der Waals surface area (Å²) >= 11 is 0. The van der Waals surface area contributed by atoms with Gasteiger partial charge in [-0.1, -0.05) is 0 Å². The standard InChI is InChI=1S/C17H22BNO4/c1-16(2)17(3,4)23-18(22-16)11-8-14-12(9-13(11)20-5)19-15(21-14)10-6-7-10/h8-10H,6-7H2,1-5H3. The van der Waals surface area contributed by atoms with E-state index in [4.69, 9.17) is 18.5 Å². The van der Waals surface area contributed by atoms with Gasteiger partial charge in [0.15, 0.2) is 11.5 Å². The number of benzene rings is 1. The van der Waals surface area contributed by atoms with Crippen LogP contribution in [0.2, 0.25) is 0 Å². The summed E-state index contributed by atoms with van der Waals surface area (Å²) in [7, 11) is 1.17. The molecule has 2 aromatic rings. The number of oxazole rings is 1. The molecule has 1 saturated carbocycles. The van der Waals surface area contributed by atoms with E-state index in [1.165, 1.54) is 0 Å². The van der Waals surface area contributed by atoms with Crippen LogP contribution in [0.15, 0.2) is 16.5 Å². The first-order chi connectivity index (χ1) is 10.8. The van der Waals surface area contributed by atoms with E-state index in [-0.39, 0.29) is 0 Å². The summed E-state index contributed by atoms with van der Waals surface area (Å²) in [6.07, 6.45) is 2.32. The smallest absolute Gasteiger partial charge is 0.497 e. The van der Waals surface area contributed by atoms with E-state index in [0.717, 1.165) is 35.3 Å². The molecule has 0 unspecified atom stereocenters. The van der Waals surface area contributed by atoms with Crippen LogP contribution in [0, 0.1) is 0 Å². The molecule has 2 aliphatic rings. The lowest BCUT2D eigenvalue weighted by atomic mass is 9.78. The molecular formula is C17H22BNO4. The van der Waals surface area contributed by atoms with E-state index < -0.39 is 18.3 Å². The van der Waals surface area contributed by atoms with Crippen LogP contribution in [-0.4, -0.2) is 30.4 Å². The molecule has 2 heterocycles. The Bertz CT molecular complexity index is 747. The predicted octanol–water partition coefficient (Wildman–Crippen LogP) is 3.01. The lowest BCUT2D eigenvalue weighted by Gasteiger charge is -2.32. The van der Waals surface area contributed by atoms with Crippen molar-refractivity contribution >= 4 is 23.7 Å². The van der Waals surface area contributed by atoms with Crippen molar-refractivity contribution in [3.8, 4) is 5.75 Å². The lowest BCUT2D eigenvalue weighted by molar-refractivity contribution is 0.00578. The predicted molar refractivity (Wildman–Crippen MR) is 88.3 cm³/mol. The molecule has 6 heteroatoms. The van der Waals surface area contributed by atoms with E-state index in [1.807, 2.05) is 39.8 Å². The fourth-order valence-electron chi connectivity index (χ4n) is 2.82. The zero-order valence-electron chi connectivity index (χ0n) is 14.3. The topological polar surface area (TPSA) is 53.7 Å². The number of methoxy groups -OCH3 is 1. The number of hydrogen-bond donors (Lipinski definition) is 0. The Morgan fingerprint density at radius 2 is 1.78 bits per heavy atom. The van der Waals surface area contributed by atoms with Gasteiger partial charge in [0.25, 0.3) is 0 Å². The number of hydrogen-bond acceptors (Lipinski definition) is 5. The van der Waals surface area contributed by atoms with E-state index in [9.17, 15) is 0 Å². The second-order valence-corrected chi connectivity index (χ2v) is 7.48. The second kappa shape index (κ2) is 4.74. The maximum atomic E-state index is 6.14. The fraction of sp³-hybridized carbons (Fsp3) is 0.588. The SMILES string of the molecule is COc1cc2nc(C3CC3)oc2cc1B1OC(C)(C)C(C)(C)O1. The van der Waals surface area contributed by atoms with Crippen LogP contribution in [0.4, 0.5) is 0 Å². The molecule has 0 atom stereocenters. The van der Waals surface area contributed by atoms with E-state index in [0.29, 0.717) is 11.7 Å². The zero-order valence-corrected chi connectivity index (χ0v) is 14.3. The normalized spacial score (nSPS) is 22.7. The van der Waals surface area contributed by atoms with Crippen molar-refractivity contribution in [1.29, 1.82) is 0 Å². The third kappa shape index (κ3) is 2.36. The summed E-state index contributed by atoms with van der Waals surface area (Å²) in [5.41, 5.74) is 1.65. The van der Waals surface area contributed by atoms with Crippen molar-refractivity contribution in [2.45, 2.75) is 57.7 Å². The van der Waals surface area contributed by atoms with Crippen molar-refractivity contribution in [3.63, 3.8) is 0 Å². The highest BCUT2D eigenvalue weighted by molar-refractivity contribution is 6.63. The second-order valence-electron chi connectivity index (χ2n) is 7.48. The highest BCUT2D eigenvalue weighted by atomic mass is 16.7. The molecule has 0 amide bonds. The molecule has 1 saturated heterocycles. The summed E-state index contributed by atoms with van der Waals surface area (Å²) in [5.74, 6) is 2.02. The Kier molecular flexibility index (Phi) is 3.10. The molecule has 1 aromatic heterocycles. The molecule has 122 valence electrons. The highest BCUT2D eigenvalue weighted by Crippen LogP contribution is 2.41. The minimum absolute atomic E-state index is 0.391. The number of ether oxygens (including phenoxy) is 1. The summed E-state index contributed by atoms with van der Waals surface area (Å²) in [5, 5.41) is 0. The quantitative estimate of drug-likeness (QED) is 0.815. The van der Waals surface area contributed by atoms with Crippen molar-refractivity contribution in [2.75, 3.05) is 7.11 Å². The molecule has 4 rings (SSSR count). The van der Waals surface area contributed by atoms with Crippen LogP contribution >= 0.6 is 0 Å². The Morgan fingerprint density at radius 3 is 2.35 bits per heavy atom. The first-order valence-electron chi connectivity index (χ1n) is 8.15. The largest absolute Gasteiger partial charge is 0.498 e. The van der Waals surface area contributed by atoms with Gasteiger partial charge in [-0.25, -0.2) is 4.98 Å². The summed E-state index contributed by atoms with van der Waals surface area (Å²) in [4.78, 5) is 4.58. The van der Waals surface area contributed by atoms with E-state index in [1.54, 1.807) is 7.11 Å². The van der Waals surface area contributed by atoms with E-state index in [2.05, 4.69) is 4.98 Å². The highest BCUT2D eigenvalue weighted by Gasteiger charge is 2.52. The van der Waals surface area contributed by atoms with Crippen LogP contribution < -0.4 is 10.2 Å². The molecule has 0 bridgehead atoms. The average Bonchev–Trinajstić information content (AvgIpc) is 3.19. The zero-order chi connectivity index (χ0) is 16.4. The van der Waals surface area contributed by atoms with Crippen LogP contribution in [-0.2, 0) is 9.31 Å². The number of nitrogens with zero attached hydrogens (tertiary/aromatic N) is 1. The average molecular weight is 315 g/mol. The Labute approximate surface area is 136 Å². The van der Waals surface area contributed by atoms with Crippen LogP contribution in [0.1, 0.15) is 52.3 Å². The molecule has 0 N–H and O–H groups in total. The molecule has 23 heavy (non-hydrogen) atoms. The first-order valence-corrected chi connectivity index (χ1v) is 8.15. The maximum Gasteiger partial charge on any atom is 0.498 e. The number of aromatic nitrogens is 1. The van der Waals surface area contributed by atoms with Gasteiger partial charge in [0, 0.05) is 17.4 Å². The molecule has 2 fully saturated rings. The lowest BCUT2D eigenvalue weighted by Crippen LogP contribution is -2.41. The van der Waals surface area contributed by atoms with Gasteiger partial charge in [-0.05, 0) is 46.6 Å². The first kappa shape index (κ1) is 15.0. The van der Waals surface area contributed by atoms with Crippen molar-refractivity contribution in [1.82, 2.24) is 4.98 Å². The minimum atomic E-state index is -0.478. The van der Waals surface area contributed by atoms with Gasteiger partial charge in [-0.3, -0.25) is 0 Å². The Hall–Kier alpha value is -1.53. The Balaban J connectivity index is 1.76. The van der Waals surface area contributed by atoms with Gasteiger partial charge >= 0.3 is 7.12 Å². The third-order valence-corrected chi connectivity index (χ3v) is 5.19. The monoisotopic (exact) mass is 315 g/mol. The van der Waals surface area contributed by atoms with Crippen LogP contribution in [0.5, 0.6) is 5.75 Å². The minimum Gasteiger partial charge on any atom is -0.497 e. The van der Waals surface area contributed by atoms with Crippen molar-refractivity contribution in [3.05, 3.63) is 18.0 Å². The third-order valence-electron chi connectivity index (χ3n) is 5.19. The molecule has 5 nitrogen and oxygen atoms in total. The fourth-order valence-corrected chi connectivity index (χ4v) is 2.82. The molecular weight excluding hydrogens is 293 g/mol. The molecule has 0 spiro atoms. The maximum absolute atomic E-state index is 6.14. The van der Waals surface area contributed by atoms with Crippen molar-refractivity contribution in [2.24, 2.45) is 0 Å². The van der Waals surface area contributed by atoms with Gasteiger partial charge in [0.1, 0.15) is 11.3 Å². The Morgan fingerprint density at radius 1 is 1.13 bits per heavy atom. The summed E-state index contributed by atoms with van der Waals surface area (Å²) < 4.78 is 23.8. The van der Waals surface area contributed by atoms with Crippen molar-refractivity contribution < 1.29 is 18.5 Å². The van der Waals surface area contributed by atoms with Crippen LogP contribution in [0.25, 0.3) is 11.1 Å². The summed E-state index contributed by atoms with van der Waals surface area (Å²) in [6.45, 7) is 8.16. The molecule has 1 aliphatic carbocycles. The number of rotatable bonds is 3. The molecule has 0 radical (unpaired) electrons. The summed E-state index contributed by atoms with van der Waals surface area (Å²) in [6, 6.07) is 3.85. The van der Waals surface area contributed by atoms with Gasteiger partial charge in [-0.15, -0.1) is 0 Å². The van der Waals surface area contributed by atoms with E-state index >= 15 is 0 Å². The molecule has 1 aromatic carbocycles.